The van der Waals surface area contributed by atoms with Crippen molar-refractivity contribution < 1.29 is 18.4 Å². The lowest BCUT2D eigenvalue weighted by Gasteiger charge is -2.20. The van der Waals surface area contributed by atoms with Crippen LogP contribution < -0.4 is 5.73 Å². The molecular formula is C9H15F2N3O2. The zero-order chi connectivity index (χ0) is 12.1. The first kappa shape index (κ1) is 12.8. The van der Waals surface area contributed by atoms with Crippen LogP contribution in [0.4, 0.5) is 8.78 Å². The summed E-state index contributed by atoms with van der Waals surface area (Å²) in [4.78, 5) is 24.6. The smallest absolute Gasteiger partial charge is 0.315 e. The van der Waals surface area contributed by atoms with E-state index in [0.29, 0.717) is 26.1 Å². The second-order valence-electron chi connectivity index (χ2n) is 3.72. The first-order chi connectivity index (χ1) is 7.50. The molecule has 1 aliphatic heterocycles. The van der Waals surface area contributed by atoms with Gasteiger partial charge in [-0.1, -0.05) is 0 Å². The van der Waals surface area contributed by atoms with Gasteiger partial charge in [-0.2, -0.15) is 8.78 Å². The van der Waals surface area contributed by atoms with Crippen LogP contribution in [0.15, 0.2) is 0 Å². The molecule has 0 unspecified atom stereocenters. The van der Waals surface area contributed by atoms with Crippen molar-refractivity contribution in [3.8, 4) is 0 Å². The summed E-state index contributed by atoms with van der Waals surface area (Å²) in [5.41, 5.74) is 5.04. The maximum Gasteiger partial charge on any atom is 0.315 e. The van der Waals surface area contributed by atoms with Gasteiger partial charge >= 0.3 is 6.43 Å². The molecule has 7 heteroatoms. The maximum atomic E-state index is 12.2. The van der Waals surface area contributed by atoms with Crippen LogP contribution in [0, 0.1) is 0 Å². The topological polar surface area (TPSA) is 66.6 Å². The normalized spacial score (nSPS) is 18.6. The highest BCUT2D eigenvalue weighted by Crippen LogP contribution is 2.07. The maximum absolute atomic E-state index is 12.2. The van der Waals surface area contributed by atoms with Gasteiger partial charge in [0, 0.05) is 26.2 Å². The first-order valence-corrected chi connectivity index (χ1v) is 5.08. The Morgan fingerprint density at radius 1 is 1.19 bits per heavy atom. The fourth-order valence-electron chi connectivity index (χ4n) is 1.71. The Balaban J connectivity index is 2.46. The highest BCUT2D eigenvalue weighted by molar-refractivity contribution is 5.79. The van der Waals surface area contributed by atoms with Crippen LogP contribution in [0.5, 0.6) is 0 Å². The van der Waals surface area contributed by atoms with Gasteiger partial charge in [-0.05, 0) is 6.42 Å². The van der Waals surface area contributed by atoms with Gasteiger partial charge in [0.2, 0.25) is 5.91 Å². The van der Waals surface area contributed by atoms with Gasteiger partial charge in [0.1, 0.15) is 0 Å². The number of carbonyl (C=O) groups excluding carboxylic acids is 2. The van der Waals surface area contributed by atoms with Crippen LogP contribution in [0.1, 0.15) is 6.42 Å². The predicted molar refractivity (Wildman–Crippen MR) is 52.8 cm³/mol. The largest absolute Gasteiger partial charge is 0.369 e. The highest BCUT2D eigenvalue weighted by Gasteiger charge is 2.25. The SMILES string of the molecule is NC(=O)CN1CCCN(C(=O)C(F)F)CC1. The Kier molecular flexibility index (Phi) is 4.60. The monoisotopic (exact) mass is 235 g/mol. The van der Waals surface area contributed by atoms with Crippen molar-refractivity contribution in [2.24, 2.45) is 5.73 Å². The van der Waals surface area contributed by atoms with E-state index in [1.807, 2.05) is 0 Å². The molecule has 0 saturated carbocycles. The van der Waals surface area contributed by atoms with Gasteiger partial charge in [-0.25, -0.2) is 0 Å². The minimum Gasteiger partial charge on any atom is -0.369 e. The van der Waals surface area contributed by atoms with Crippen molar-refractivity contribution in [3.63, 3.8) is 0 Å². The molecule has 0 aromatic rings. The number of primary amides is 1. The average Bonchev–Trinajstić information content (AvgIpc) is 2.41. The Bertz CT molecular complexity index is 273. The molecule has 2 amide bonds. The molecule has 0 aromatic heterocycles. The molecule has 0 atom stereocenters. The molecule has 1 aliphatic rings. The second kappa shape index (κ2) is 5.74. The number of amides is 2. The zero-order valence-corrected chi connectivity index (χ0v) is 8.86. The van der Waals surface area contributed by atoms with Crippen molar-refractivity contribution in [3.05, 3.63) is 0 Å². The van der Waals surface area contributed by atoms with Crippen molar-refractivity contribution >= 4 is 11.8 Å². The number of alkyl halides is 2. The molecule has 1 heterocycles. The van der Waals surface area contributed by atoms with E-state index in [2.05, 4.69) is 0 Å². The molecule has 92 valence electrons. The molecule has 0 aliphatic carbocycles. The molecule has 0 aromatic carbocycles. The molecule has 1 fully saturated rings. The van der Waals surface area contributed by atoms with Gasteiger partial charge in [0.05, 0.1) is 6.54 Å². The number of hydrogen-bond acceptors (Lipinski definition) is 3. The number of nitrogens with two attached hydrogens (primary N) is 1. The van der Waals surface area contributed by atoms with Gasteiger partial charge in [0.25, 0.3) is 5.91 Å². The third kappa shape index (κ3) is 3.73. The molecular weight excluding hydrogens is 220 g/mol. The Hall–Kier alpha value is -1.24. The second-order valence-corrected chi connectivity index (χ2v) is 3.72. The van der Waals surface area contributed by atoms with E-state index in [-0.39, 0.29) is 13.1 Å². The van der Waals surface area contributed by atoms with E-state index >= 15 is 0 Å². The Labute approximate surface area is 92.2 Å². The highest BCUT2D eigenvalue weighted by atomic mass is 19.3. The van der Waals surface area contributed by atoms with Crippen LogP contribution >= 0.6 is 0 Å². The van der Waals surface area contributed by atoms with E-state index in [4.69, 9.17) is 5.73 Å². The molecule has 5 nitrogen and oxygen atoms in total. The Morgan fingerprint density at radius 3 is 2.44 bits per heavy atom. The number of hydrogen-bond donors (Lipinski definition) is 1. The third-order valence-electron chi connectivity index (χ3n) is 2.47. The quantitative estimate of drug-likeness (QED) is 0.701. The van der Waals surface area contributed by atoms with E-state index in [0.717, 1.165) is 4.90 Å². The summed E-state index contributed by atoms with van der Waals surface area (Å²) < 4.78 is 24.3. The van der Waals surface area contributed by atoms with Gasteiger partial charge in [-0.3, -0.25) is 14.5 Å². The Morgan fingerprint density at radius 2 is 1.88 bits per heavy atom. The lowest BCUT2D eigenvalue weighted by Crippen LogP contribution is -2.40. The van der Waals surface area contributed by atoms with Gasteiger partial charge in [-0.15, -0.1) is 0 Å². The van der Waals surface area contributed by atoms with Crippen LogP contribution in [0.25, 0.3) is 0 Å². The molecule has 0 bridgehead atoms. The summed E-state index contributed by atoms with van der Waals surface area (Å²) in [6, 6.07) is 0. The summed E-state index contributed by atoms with van der Waals surface area (Å²) in [6.45, 7) is 1.63. The van der Waals surface area contributed by atoms with E-state index < -0.39 is 18.2 Å². The fraction of sp³-hybridized carbons (Fsp3) is 0.778. The predicted octanol–water partition coefficient (Wildman–Crippen LogP) is -0.729. The molecule has 16 heavy (non-hydrogen) atoms. The third-order valence-corrected chi connectivity index (χ3v) is 2.47. The fourth-order valence-corrected chi connectivity index (χ4v) is 1.71. The van der Waals surface area contributed by atoms with Crippen molar-refractivity contribution in [1.82, 2.24) is 9.80 Å². The first-order valence-electron chi connectivity index (χ1n) is 5.08. The minimum atomic E-state index is -2.96. The van der Waals surface area contributed by atoms with E-state index in [1.165, 1.54) is 0 Å². The molecule has 2 N–H and O–H groups in total. The summed E-state index contributed by atoms with van der Waals surface area (Å²) in [5.74, 6) is -1.59. The van der Waals surface area contributed by atoms with Crippen LogP contribution in [-0.2, 0) is 9.59 Å². The summed E-state index contributed by atoms with van der Waals surface area (Å²) in [7, 11) is 0. The number of rotatable bonds is 3. The lowest BCUT2D eigenvalue weighted by atomic mass is 10.3. The lowest BCUT2D eigenvalue weighted by molar-refractivity contribution is -0.142. The number of halogens is 2. The van der Waals surface area contributed by atoms with Crippen molar-refractivity contribution in [2.45, 2.75) is 12.8 Å². The number of carbonyl (C=O) groups is 2. The van der Waals surface area contributed by atoms with E-state index in [1.54, 1.807) is 4.90 Å². The van der Waals surface area contributed by atoms with Crippen molar-refractivity contribution in [2.75, 3.05) is 32.7 Å². The summed E-state index contributed by atoms with van der Waals surface area (Å²) >= 11 is 0. The molecule has 0 spiro atoms. The van der Waals surface area contributed by atoms with Gasteiger partial charge in [0.15, 0.2) is 0 Å². The standard InChI is InChI=1S/C9H15F2N3O2/c10-8(11)9(16)14-3-1-2-13(4-5-14)6-7(12)15/h8H,1-6H2,(H2,12,15). The zero-order valence-electron chi connectivity index (χ0n) is 8.86. The van der Waals surface area contributed by atoms with Crippen LogP contribution in [0.2, 0.25) is 0 Å². The molecule has 0 radical (unpaired) electrons. The van der Waals surface area contributed by atoms with Gasteiger partial charge < -0.3 is 10.6 Å². The van der Waals surface area contributed by atoms with Crippen molar-refractivity contribution in [1.29, 1.82) is 0 Å². The average molecular weight is 235 g/mol. The summed E-state index contributed by atoms with van der Waals surface area (Å²) in [6.07, 6.45) is -2.38. The van der Waals surface area contributed by atoms with E-state index in [9.17, 15) is 18.4 Å². The molecule has 1 rings (SSSR count). The van der Waals surface area contributed by atoms with Crippen LogP contribution in [0.3, 0.4) is 0 Å². The minimum absolute atomic E-state index is 0.108. The summed E-state index contributed by atoms with van der Waals surface area (Å²) in [5, 5.41) is 0. The molecule has 1 saturated heterocycles. The van der Waals surface area contributed by atoms with Crippen LogP contribution in [-0.4, -0.2) is 60.8 Å². The number of nitrogens with zero attached hydrogens (tertiary/aromatic N) is 2.